The highest BCUT2D eigenvalue weighted by molar-refractivity contribution is 6.31. The van der Waals surface area contributed by atoms with Gasteiger partial charge in [0.25, 0.3) is 5.91 Å². The van der Waals surface area contributed by atoms with Crippen LogP contribution in [0.3, 0.4) is 0 Å². The lowest BCUT2D eigenvalue weighted by Crippen LogP contribution is -2.42. The first kappa shape index (κ1) is 18.1. The maximum atomic E-state index is 12.2. The summed E-state index contributed by atoms with van der Waals surface area (Å²) in [5.74, 6) is -0.753. The average molecular weight is 372 g/mol. The second-order valence-corrected chi connectivity index (χ2v) is 6.33. The van der Waals surface area contributed by atoms with Crippen LogP contribution in [0.5, 0.6) is 0 Å². The molecule has 26 heavy (non-hydrogen) atoms. The van der Waals surface area contributed by atoms with Crippen LogP contribution in [0.4, 0.5) is 0 Å². The van der Waals surface area contributed by atoms with Gasteiger partial charge in [0.2, 0.25) is 5.91 Å². The molecular weight excluding hydrogens is 354 g/mol. The monoisotopic (exact) mass is 371 g/mol. The Bertz CT molecular complexity index is 869. The molecule has 1 aromatic heterocycles. The first-order valence-electron chi connectivity index (χ1n) is 8.07. The van der Waals surface area contributed by atoms with Gasteiger partial charge in [-0.25, -0.2) is 0 Å². The van der Waals surface area contributed by atoms with Gasteiger partial charge in [0.05, 0.1) is 19.3 Å². The van der Waals surface area contributed by atoms with Crippen LogP contribution in [0.15, 0.2) is 49.2 Å². The lowest BCUT2D eigenvalue weighted by atomic mass is 9.98. The normalized spacial score (nSPS) is 17.0. The first-order chi connectivity index (χ1) is 12.5. The Morgan fingerprint density at radius 1 is 1.31 bits per heavy atom. The number of morpholine rings is 1. The second-order valence-electron chi connectivity index (χ2n) is 5.89. The van der Waals surface area contributed by atoms with E-state index in [0.717, 1.165) is 16.7 Å². The molecule has 2 amide bonds. The number of amides is 2. The molecule has 0 aliphatic carbocycles. The van der Waals surface area contributed by atoms with Gasteiger partial charge in [-0.05, 0) is 53.1 Å². The minimum Gasteiger partial charge on any atom is -0.377 e. The zero-order valence-electron chi connectivity index (χ0n) is 14.0. The van der Waals surface area contributed by atoms with E-state index in [0.29, 0.717) is 24.8 Å². The zero-order chi connectivity index (χ0) is 18.7. The van der Waals surface area contributed by atoms with Crippen molar-refractivity contribution in [3.63, 3.8) is 0 Å². The fourth-order valence-electron chi connectivity index (χ4n) is 2.98. The SMILES string of the molecule is C=CC(=O)N1CCOCC1c1cc(Cl)cc(-c2ccnc(C(N)=O)c2)c1. The van der Waals surface area contributed by atoms with E-state index in [1.807, 2.05) is 12.1 Å². The molecule has 1 unspecified atom stereocenters. The van der Waals surface area contributed by atoms with Crippen molar-refractivity contribution in [3.8, 4) is 11.1 Å². The number of ether oxygens (including phenoxy) is 1. The molecule has 2 aromatic rings. The molecular formula is C19H18ClN3O3. The number of nitrogens with two attached hydrogens (primary N) is 1. The van der Waals surface area contributed by atoms with Crippen LogP contribution in [0.2, 0.25) is 5.02 Å². The third-order valence-corrected chi connectivity index (χ3v) is 4.45. The van der Waals surface area contributed by atoms with E-state index in [-0.39, 0.29) is 17.6 Å². The van der Waals surface area contributed by atoms with Crippen molar-refractivity contribution in [3.05, 3.63) is 65.5 Å². The summed E-state index contributed by atoms with van der Waals surface area (Å²) in [6.45, 7) is 4.91. The molecule has 1 atom stereocenters. The maximum absolute atomic E-state index is 12.2. The molecule has 1 aliphatic rings. The Morgan fingerprint density at radius 3 is 2.85 bits per heavy atom. The van der Waals surface area contributed by atoms with E-state index in [4.69, 9.17) is 22.1 Å². The number of pyridine rings is 1. The van der Waals surface area contributed by atoms with Gasteiger partial charge in [0.15, 0.2) is 0 Å². The molecule has 2 N–H and O–H groups in total. The van der Waals surface area contributed by atoms with Gasteiger partial charge in [0, 0.05) is 17.8 Å². The number of carbonyl (C=O) groups is 2. The number of rotatable bonds is 4. The number of nitrogens with zero attached hydrogens (tertiary/aromatic N) is 2. The first-order valence-corrected chi connectivity index (χ1v) is 8.45. The molecule has 1 aliphatic heterocycles. The van der Waals surface area contributed by atoms with Crippen LogP contribution < -0.4 is 5.73 Å². The van der Waals surface area contributed by atoms with E-state index < -0.39 is 5.91 Å². The van der Waals surface area contributed by atoms with Crippen molar-refractivity contribution in [2.24, 2.45) is 5.73 Å². The Labute approximate surface area is 156 Å². The lowest BCUT2D eigenvalue weighted by molar-refractivity contribution is -0.134. The Morgan fingerprint density at radius 2 is 2.12 bits per heavy atom. The molecule has 0 bridgehead atoms. The predicted molar refractivity (Wildman–Crippen MR) is 98.7 cm³/mol. The highest BCUT2D eigenvalue weighted by Crippen LogP contribution is 2.31. The summed E-state index contributed by atoms with van der Waals surface area (Å²) in [5.41, 5.74) is 7.89. The topological polar surface area (TPSA) is 85.5 Å². The number of primary amides is 1. The fraction of sp³-hybridized carbons (Fsp3) is 0.211. The number of benzene rings is 1. The van der Waals surface area contributed by atoms with Crippen molar-refractivity contribution in [1.29, 1.82) is 0 Å². The molecule has 134 valence electrons. The molecule has 6 nitrogen and oxygen atoms in total. The Hall–Kier alpha value is -2.70. The van der Waals surface area contributed by atoms with Gasteiger partial charge in [-0.1, -0.05) is 18.2 Å². The summed E-state index contributed by atoms with van der Waals surface area (Å²) in [5, 5.41) is 0.520. The van der Waals surface area contributed by atoms with Gasteiger partial charge in [-0.3, -0.25) is 14.6 Å². The third-order valence-electron chi connectivity index (χ3n) is 4.24. The largest absolute Gasteiger partial charge is 0.377 e. The highest BCUT2D eigenvalue weighted by atomic mass is 35.5. The van der Waals surface area contributed by atoms with Crippen LogP contribution in [0.1, 0.15) is 22.1 Å². The van der Waals surface area contributed by atoms with E-state index in [9.17, 15) is 9.59 Å². The van der Waals surface area contributed by atoms with Gasteiger partial charge >= 0.3 is 0 Å². The molecule has 0 saturated carbocycles. The molecule has 0 radical (unpaired) electrons. The third kappa shape index (κ3) is 3.76. The van der Waals surface area contributed by atoms with E-state index in [2.05, 4.69) is 11.6 Å². The smallest absolute Gasteiger partial charge is 0.267 e. The zero-order valence-corrected chi connectivity index (χ0v) is 14.8. The van der Waals surface area contributed by atoms with Crippen LogP contribution in [-0.4, -0.2) is 41.5 Å². The quantitative estimate of drug-likeness (QED) is 0.837. The van der Waals surface area contributed by atoms with Gasteiger partial charge in [-0.2, -0.15) is 0 Å². The molecule has 2 heterocycles. The minimum atomic E-state index is -0.600. The number of hydrogen-bond acceptors (Lipinski definition) is 4. The van der Waals surface area contributed by atoms with Crippen LogP contribution in [0, 0.1) is 0 Å². The van der Waals surface area contributed by atoms with E-state index in [1.165, 1.54) is 12.3 Å². The summed E-state index contributed by atoms with van der Waals surface area (Å²) < 4.78 is 5.55. The Kier molecular flexibility index (Phi) is 5.35. The molecule has 1 aromatic carbocycles. The fourth-order valence-corrected chi connectivity index (χ4v) is 3.22. The molecule has 7 heteroatoms. The summed E-state index contributed by atoms with van der Waals surface area (Å²) in [7, 11) is 0. The van der Waals surface area contributed by atoms with Gasteiger partial charge in [0.1, 0.15) is 5.69 Å². The highest BCUT2D eigenvalue weighted by Gasteiger charge is 2.27. The molecule has 1 fully saturated rings. The minimum absolute atomic E-state index is 0.153. The number of aromatic nitrogens is 1. The summed E-state index contributed by atoms with van der Waals surface area (Å²) in [6, 6.07) is 8.64. The number of hydrogen-bond donors (Lipinski definition) is 1. The summed E-state index contributed by atoms with van der Waals surface area (Å²) in [6.07, 6.45) is 2.82. The van der Waals surface area contributed by atoms with Crippen LogP contribution >= 0.6 is 11.6 Å². The van der Waals surface area contributed by atoms with Crippen molar-refractivity contribution in [1.82, 2.24) is 9.88 Å². The standard InChI is InChI=1S/C19H18ClN3O3/c1-2-18(24)23-5-6-26-11-17(23)14-7-13(8-15(20)9-14)12-3-4-22-16(10-12)19(21)25/h2-4,7-10,17H,1,5-6,11H2,(H2,21,25). The van der Waals surface area contributed by atoms with Crippen molar-refractivity contribution >= 4 is 23.4 Å². The maximum Gasteiger partial charge on any atom is 0.267 e. The van der Waals surface area contributed by atoms with Crippen LogP contribution in [-0.2, 0) is 9.53 Å². The molecule has 0 spiro atoms. The van der Waals surface area contributed by atoms with Gasteiger partial charge in [-0.15, -0.1) is 0 Å². The van der Waals surface area contributed by atoms with E-state index >= 15 is 0 Å². The summed E-state index contributed by atoms with van der Waals surface area (Å²) >= 11 is 6.31. The van der Waals surface area contributed by atoms with Crippen molar-refractivity contribution in [2.75, 3.05) is 19.8 Å². The predicted octanol–water partition coefficient (Wildman–Crippen LogP) is 2.59. The molecule has 3 rings (SSSR count). The average Bonchev–Trinajstić information content (AvgIpc) is 2.67. The van der Waals surface area contributed by atoms with Crippen LogP contribution in [0.25, 0.3) is 11.1 Å². The lowest BCUT2D eigenvalue weighted by Gasteiger charge is -2.35. The Balaban J connectivity index is 2.02. The number of carbonyl (C=O) groups excluding carboxylic acids is 2. The van der Waals surface area contributed by atoms with Crippen molar-refractivity contribution in [2.45, 2.75) is 6.04 Å². The summed E-state index contributed by atoms with van der Waals surface area (Å²) in [4.78, 5) is 29.2. The van der Waals surface area contributed by atoms with Crippen molar-refractivity contribution < 1.29 is 14.3 Å². The molecule has 1 saturated heterocycles. The second kappa shape index (κ2) is 7.68. The van der Waals surface area contributed by atoms with Gasteiger partial charge < -0.3 is 15.4 Å². The number of halogens is 1. The van der Waals surface area contributed by atoms with E-state index in [1.54, 1.807) is 23.1 Å².